The maximum Gasteiger partial charge on any atom is 0.336 e. The van der Waals surface area contributed by atoms with E-state index >= 15 is 0 Å². The molecular formula is C15H11Cl2NO4S. The summed E-state index contributed by atoms with van der Waals surface area (Å²) in [5.41, 5.74) is 0.633. The molecule has 0 aliphatic heterocycles. The molecule has 0 saturated carbocycles. The number of carbonyl (C=O) groups is 1. The van der Waals surface area contributed by atoms with Gasteiger partial charge in [0.1, 0.15) is 5.25 Å². The molecule has 2 rings (SSSR count). The zero-order valence-electron chi connectivity index (χ0n) is 11.6. The van der Waals surface area contributed by atoms with Crippen LogP contribution >= 0.6 is 35.0 Å². The lowest BCUT2D eigenvalue weighted by Gasteiger charge is -2.16. The van der Waals surface area contributed by atoms with Crippen LogP contribution < -0.4 is 0 Å². The maximum atomic E-state index is 11.3. The van der Waals surface area contributed by atoms with Crippen LogP contribution in [0.25, 0.3) is 0 Å². The van der Waals surface area contributed by atoms with Crippen LogP contribution in [0.2, 0.25) is 10.0 Å². The minimum atomic E-state index is -1.09. The Bertz CT molecular complexity index is 754. The van der Waals surface area contributed by atoms with Gasteiger partial charge in [-0.3, -0.25) is 10.1 Å². The second kappa shape index (κ2) is 7.68. The Kier molecular flexibility index (Phi) is 5.87. The number of hydrogen-bond donors (Lipinski definition) is 1. The third-order valence-electron chi connectivity index (χ3n) is 3.01. The number of nitrogens with zero attached hydrogens (tertiary/aromatic N) is 1. The molecule has 0 bridgehead atoms. The first-order valence-corrected chi connectivity index (χ1v) is 8.07. The molecule has 1 unspecified atom stereocenters. The van der Waals surface area contributed by atoms with Crippen LogP contribution in [0, 0.1) is 10.1 Å². The van der Waals surface area contributed by atoms with Crippen LogP contribution in [0.1, 0.15) is 21.2 Å². The first-order chi connectivity index (χ1) is 10.9. The highest BCUT2D eigenvalue weighted by Crippen LogP contribution is 2.40. The second-order valence-electron chi connectivity index (χ2n) is 4.59. The van der Waals surface area contributed by atoms with Crippen molar-refractivity contribution < 1.29 is 14.8 Å². The van der Waals surface area contributed by atoms with E-state index in [0.29, 0.717) is 20.5 Å². The SMILES string of the molecule is O=C(O)c1ccccc1SC(C[N+](=O)[O-])c1ccc(Cl)cc1Cl. The summed E-state index contributed by atoms with van der Waals surface area (Å²) < 4.78 is 0. The average molecular weight is 372 g/mol. The van der Waals surface area contributed by atoms with Crippen molar-refractivity contribution >= 4 is 40.9 Å². The molecule has 0 saturated heterocycles. The van der Waals surface area contributed by atoms with Crippen molar-refractivity contribution in [2.24, 2.45) is 0 Å². The fourth-order valence-corrected chi connectivity index (χ4v) is 3.88. The molecule has 120 valence electrons. The van der Waals surface area contributed by atoms with Crippen LogP contribution in [-0.4, -0.2) is 22.5 Å². The highest BCUT2D eigenvalue weighted by Gasteiger charge is 2.24. The normalized spacial score (nSPS) is 11.9. The lowest BCUT2D eigenvalue weighted by molar-refractivity contribution is -0.479. The summed E-state index contributed by atoms with van der Waals surface area (Å²) in [7, 11) is 0. The number of benzene rings is 2. The van der Waals surface area contributed by atoms with Crippen LogP contribution in [0.15, 0.2) is 47.4 Å². The molecule has 23 heavy (non-hydrogen) atoms. The number of aromatic carboxylic acids is 1. The summed E-state index contributed by atoms with van der Waals surface area (Å²) in [4.78, 5) is 22.2. The topological polar surface area (TPSA) is 80.4 Å². The molecule has 5 nitrogen and oxygen atoms in total. The van der Waals surface area contributed by atoms with Gasteiger partial charge in [0.25, 0.3) is 0 Å². The van der Waals surface area contributed by atoms with Crippen LogP contribution in [-0.2, 0) is 0 Å². The third-order valence-corrected chi connectivity index (χ3v) is 4.87. The molecule has 0 aliphatic rings. The van der Waals surface area contributed by atoms with Crippen molar-refractivity contribution in [2.75, 3.05) is 6.54 Å². The Morgan fingerprint density at radius 1 is 1.26 bits per heavy atom. The van der Waals surface area contributed by atoms with Gasteiger partial charge in [-0.1, -0.05) is 41.4 Å². The maximum absolute atomic E-state index is 11.3. The molecule has 0 spiro atoms. The highest BCUT2D eigenvalue weighted by molar-refractivity contribution is 7.99. The van der Waals surface area contributed by atoms with Crippen LogP contribution in [0.3, 0.4) is 0 Å². The second-order valence-corrected chi connectivity index (χ2v) is 6.68. The van der Waals surface area contributed by atoms with Gasteiger partial charge in [-0.05, 0) is 29.8 Å². The Morgan fingerprint density at radius 2 is 1.96 bits per heavy atom. The van der Waals surface area contributed by atoms with Crippen molar-refractivity contribution in [3.05, 3.63) is 73.8 Å². The van der Waals surface area contributed by atoms with Crippen molar-refractivity contribution in [3.63, 3.8) is 0 Å². The Hall–Kier alpha value is -1.76. The van der Waals surface area contributed by atoms with Crippen LogP contribution in [0.4, 0.5) is 0 Å². The van der Waals surface area contributed by atoms with Crippen molar-refractivity contribution in [1.29, 1.82) is 0 Å². The lowest BCUT2D eigenvalue weighted by Crippen LogP contribution is -2.11. The van der Waals surface area contributed by atoms with Crippen molar-refractivity contribution in [2.45, 2.75) is 10.1 Å². The number of thioether (sulfide) groups is 1. The minimum absolute atomic E-state index is 0.0935. The van der Waals surface area contributed by atoms with Gasteiger partial charge in [0.2, 0.25) is 6.54 Å². The Labute approximate surface area is 146 Å². The lowest BCUT2D eigenvalue weighted by atomic mass is 10.1. The van der Waals surface area contributed by atoms with E-state index in [9.17, 15) is 20.0 Å². The van der Waals surface area contributed by atoms with E-state index in [-0.39, 0.29) is 12.1 Å². The van der Waals surface area contributed by atoms with Gasteiger partial charge in [-0.15, -0.1) is 11.8 Å². The number of nitro groups is 1. The van der Waals surface area contributed by atoms with Gasteiger partial charge in [0, 0.05) is 19.9 Å². The quantitative estimate of drug-likeness (QED) is 0.448. The van der Waals surface area contributed by atoms with Gasteiger partial charge < -0.3 is 5.11 Å². The van der Waals surface area contributed by atoms with E-state index in [1.807, 2.05) is 0 Å². The predicted molar refractivity (Wildman–Crippen MR) is 90.3 cm³/mol. The molecule has 0 heterocycles. The van der Waals surface area contributed by atoms with E-state index in [1.165, 1.54) is 12.1 Å². The highest BCUT2D eigenvalue weighted by atomic mass is 35.5. The summed E-state index contributed by atoms with van der Waals surface area (Å²) >= 11 is 13.1. The van der Waals surface area contributed by atoms with Gasteiger partial charge in [0.15, 0.2) is 0 Å². The molecule has 1 N–H and O–H groups in total. The van der Waals surface area contributed by atoms with Crippen LogP contribution in [0.5, 0.6) is 0 Å². The first-order valence-electron chi connectivity index (χ1n) is 6.44. The molecular weight excluding hydrogens is 361 g/mol. The third kappa shape index (κ3) is 4.60. The molecule has 0 aliphatic carbocycles. The molecule has 8 heteroatoms. The van der Waals surface area contributed by atoms with E-state index in [1.54, 1.807) is 30.3 Å². The summed E-state index contributed by atoms with van der Waals surface area (Å²) in [6.45, 7) is -0.389. The number of hydrogen-bond acceptors (Lipinski definition) is 4. The largest absolute Gasteiger partial charge is 0.478 e. The van der Waals surface area contributed by atoms with E-state index in [4.69, 9.17) is 23.2 Å². The predicted octanol–water partition coefficient (Wildman–Crippen LogP) is 4.80. The molecule has 1 atom stereocenters. The van der Waals surface area contributed by atoms with E-state index < -0.39 is 16.1 Å². The summed E-state index contributed by atoms with van der Waals surface area (Å²) in [5.74, 6) is -1.09. The number of carboxylic acids is 1. The Morgan fingerprint density at radius 3 is 2.57 bits per heavy atom. The molecule has 0 amide bonds. The van der Waals surface area contributed by atoms with E-state index in [0.717, 1.165) is 11.8 Å². The molecule has 0 aromatic heterocycles. The summed E-state index contributed by atoms with van der Waals surface area (Å²) in [5, 5.41) is 20.3. The standard InChI is InChI=1S/C15H11Cl2NO4S/c16-9-5-6-10(12(17)7-9)14(8-18(21)22)23-13-4-2-1-3-11(13)15(19)20/h1-7,14H,8H2,(H,19,20). The van der Waals surface area contributed by atoms with Gasteiger partial charge in [-0.2, -0.15) is 0 Å². The van der Waals surface area contributed by atoms with Gasteiger partial charge >= 0.3 is 5.97 Å². The van der Waals surface area contributed by atoms with Gasteiger partial charge in [0.05, 0.1) is 5.56 Å². The number of carboxylic acid groups (broad SMARTS) is 1. The average Bonchev–Trinajstić information content (AvgIpc) is 2.46. The monoisotopic (exact) mass is 371 g/mol. The Balaban J connectivity index is 2.40. The molecule has 2 aromatic rings. The number of halogens is 2. The first kappa shape index (κ1) is 17.6. The molecule has 0 radical (unpaired) electrons. The van der Waals surface area contributed by atoms with Gasteiger partial charge in [-0.25, -0.2) is 4.79 Å². The molecule has 0 fully saturated rings. The fourth-order valence-electron chi connectivity index (χ4n) is 2.00. The van der Waals surface area contributed by atoms with Crippen molar-refractivity contribution in [3.8, 4) is 0 Å². The number of rotatable bonds is 6. The smallest absolute Gasteiger partial charge is 0.336 e. The van der Waals surface area contributed by atoms with E-state index in [2.05, 4.69) is 0 Å². The van der Waals surface area contributed by atoms with Crippen molar-refractivity contribution in [1.82, 2.24) is 0 Å². The fraction of sp³-hybridized carbons (Fsp3) is 0.133. The molecule has 2 aromatic carbocycles. The zero-order chi connectivity index (χ0) is 17.0. The zero-order valence-corrected chi connectivity index (χ0v) is 13.9. The summed E-state index contributed by atoms with van der Waals surface area (Å²) in [6.07, 6.45) is 0. The minimum Gasteiger partial charge on any atom is -0.478 e. The summed E-state index contributed by atoms with van der Waals surface area (Å²) in [6, 6.07) is 11.1.